The Morgan fingerprint density at radius 2 is 2.40 bits per heavy atom. The van der Waals surface area contributed by atoms with Crippen LogP contribution in [0.5, 0.6) is 0 Å². The van der Waals surface area contributed by atoms with Crippen molar-refractivity contribution in [3.05, 3.63) is 12.2 Å². The van der Waals surface area contributed by atoms with Gasteiger partial charge in [0.1, 0.15) is 0 Å². The Balaban J connectivity index is 2.45. The molecule has 0 bridgehead atoms. The summed E-state index contributed by atoms with van der Waals surface area (Å²) >= 11 is 0. The van der Waals surface area contributed by atoms with Crippen LogP contribution in [0.4, 0.5) is 4.79 Å². The van der Waals surface area contributed by atoms with Gasteiger partial charge in [0.25, 0.3) is 0 Å². The second-order valence-electron chi connectivity index (χ2n) is 3.76. The van der Waals surface area contributed by atoms with Crippen molar-refractivity contribution in [1.29, 1.82) is 0 Å². The molecular weight excluding hydrogens is 192 g/mol. The van der Waals surface area contributed by atoms with Crippen LogP contribution < -0.4 is 11.1 Å². The standard InChI is InChI=1S/C11H20N2O2/c1-2-15-11(14)13-10-8-6-4-3-5-7-9(10)12/h5,7,9-10H,2-4,6,8,12H2,1H3,(H,13,14)/b7-5+. The Morgan fingerprint density at radius 3 is 3.13 bits per heavy atom. The highest BCUT2D eigenvalue weighted by Gasteiger charge is 2.19. The van der Waals surface area contributed by atoms with Crippen molar-refractivity contribution in [3.63, 3.8) is 0 Å². The van der Waals surface area contributed by atoms with E-state index in [9.17, 15) is 4.79 Å². The molecule has 0 aromatic carbocycles. The van der Waals surface area contributed by atoms with E-state index in [2.05, 4.69) is 11.4 Å². The number of carbonyl (C=O) groups is 1. The number of carbonyl (C=O) groups excluding carboxylic acids is 1. The minimum atomic E-state index is -0.369. The Morgan fingerprint density at radius 1 is 1.60 bits per heavy atom. The Bertz CT molecular complexity index is 229. The molecule has 1 amide bonds. The summed E-state index contributed by atoms with van der Waals surface area (Å²) in [4.78, 5) is 11.2. The van der Waals surface area contributed by atoms with Gasteiger partial charge in [0.15, 0.2) is 0 Å². The predicted molar refractivity (Wildman–Crippen MR) is 59.5 cm³/mol. The summed E-state index contributed by atoms with van der Waals surface area (Å²) in [6.07, 6.45) is 7.94. The van der Waals surface area contributed by atoms with Gasteiger partial charge in [-0.05, 0) is 26.2 Å². The molecule has 4 nitrogen and oxygen atoms in total. The first-order chi connectivity index (χ1) is 7.24. The topological polar surface area (TPSA) is 64.3 Å². The number of ether oxygens (including phenoxy) is 1. The van der Waals surface area contributed by atoms with Crippen LogP contribution in [-0.4, -0.2) is 24.8 Å². The van der Waals surface area contributed by atoms with E-state index in [0.717, 1.165) is 25.7 Å². The molecule has 1 aliphatic rings. The summed E-state index contributed by atoms with van der Waals surface area (Å²) in [7, 11) is 0. The van der Waals surface area contributed by atoms with Gasteiger partial charge in [0, 0.05) is 6.04 Å². The van der Waals surface area contributed by atoms with Gasteiger partial charge in [-0.2, -0.15) is 0 Å². The molecule has 2 atom stereocenters. The summed E-state index contributed by atoms with van der Waals surface area (Å²) in [5.41, 5.74) is 5.94. The number of nitrogens with one attached hydrogen (secondary N) is 1. The Labute approximate surface area is 90.9 Å². The van der Waals surface area contributed by atoms with Gasteiger partial charge in [-0.3, -0.25) is 0 Å². The average Bonchev–Trinajstić information content (AvgIpc) is 2.18. The fourth-order valence-corrected chi connectivity index (χ4v) is 1.70. The number of alkyl carbamates (subject to hydrolysis) is 1. The first kappa shape index (κ1) is 12.0. The highest BCUT2D eigenvalue weighted by atomic mass is 16.5. The number of allylic oxidation sites excluding steroid dienone is 1. The van der Waals surface area contributed by atoms with Crippen molar-refractivity contribution in [2.75, 3.05) is 6.61 Å². The van der Waals surface area contributed by atoms with Gasteiger partial charge in [-0.1, -0.05) is 18.6 Å². The molecule has 0 aromatic rings. The number of hydrogen-bond acceptors (Lipinski definition) is 3. The molecule has 2 unspecified atom stereocenters. The fourth-order valence-electron chi connectivity index (χ4n) is 1.70. The third-order valence-corrected chi connectivity index (χ3v) is 2.54. The third kappa shape index (κ3) is 4.34. The quantitative estimate of drug-likeness (QED) is 0.683. The van der Waals surface area contributed by atoms with E-state index in [1.165, 1.54) is 0 Å². The first-order valence-corrected chi connectivity index (χ1v) is 5.59. The average molecular weight is 212 g/mol. The molecule has 0 aliphatic heterocycles. The summed E-state index contributed by atoms with van der Waals surface area (Å²) in [6, 6.07) is -0.102. The van der Waals surface area contributed by atoms with Gasteiger partial charge in [-0.25, -0.2) is 4.79 Å². The van der Waals surface area contributed by atoms with Gasteiger partial charge >= 0.3 is 6.09 Å². The van der Waals surface area contributed by atoms with Gasteiger partial charge < -0.3 is 15.8 Å². The predicted octanol–water partition coefficient (Wildman–Crippen LogP) is 1.56. The van der Waals surface area contributed by atoms with Crippen molar-refractivity contribution >= 4 is 6.09 Å². The van der Waals surface area contributed by atoms with Crippen LogP contribution in [0.1, 0.15) is 32.6 Å². The maximum atomic E-state index is 11.2. The van der Waals surface area contributed by atoms with Gasteiger partial charge in [0.05, 0.1) is 12.6 Å². The van der Waals surface area contributed by atoms with Gasteiger partial charge in [0.2, 0.25) is 0 Å². The maximum absolute atomic E-state index is 11.2. The highest BCUT2D eigenvalue weighted by Crippen LogP contribution is 2.11. The Hall–Kier alpha value is -1.03. The van der Waals surface area contributed by atoms with Crippen molar-refractivity contribution in [3.8, 4) is 0 Å². The molecule has 0 heterocycles. The monoisotopic (exact) mass is 212 g/mol. The molecular formula is C11H20N2O2. The van der Waals surface area contributed by atoms with Gasteiger partial charge in [-0.15, -0.1) is 0 Å². The van der Waals surface area contributed by atoms with Crippen LogP contribution in [0, 0.1) is 0 Å². The van der Waals surface area contributed by atoms with Crippen LogP contribution in [-0.2, 0) is 4.74 Å². The molecule has 0 saturated carbocycles. The molecule has 86 valence electrons. The second-order valence-corrected chi connectivity index (χ2v) is 3.76. The molecule has 0 fully saturated rings. The lowest BCUT2D eigenvalue weighted by atomic mass is 9.98. The lowest BCUT2D eigenvalue weighted by molar-refractivity contribution is 0.146. The van der Waals surface area contributed by atoms with E-state index < -0.39 is 0 Å². The van der Waals surface area contributed by atoms with Crippen molar-refractivity contribution in [2.24, 2.45) is 5.73 Å². The van der Waals surface area contributed by atoms with Crippen LogP contribution in [0.15, 0.2) is 12.2 Å². The molecule has 0 radical (unpaired) electrons. The van der Waals surface area contributed by atoms with Crippen molar-refractivity contribution < 1.29 is 9.53 Å². The SMILES string of the molecule is CCOC(=O)NC1CCCC/C=C/C1N. The molecule has 0 saturated heterocycles. The van der Waals surface area contributed by atoms with E-state index in [4.69, 9.17) is 10.5 Å². The minimum absolute atomic E-state index is 0.000556. The maximum Gasteiger partial charge on any atom is 0.407 e. The second kappa shape index (κ2) is 6.45. The molecule has 15 heavy (non-hydrogen) atoms. The van der Waals surface area contributed by atoms with E-state index in [1.54, 1.807) is 6.92 Å². The van der Waals surface area contributed by atoms with E-state index in [0.29, 0.717) is 6.61 Å². The summed E-state index contributed by atoms with van der Waals surface area (Å²) < 4.78 is 4.84. The summed E-state index contributed by atoms with van der Waals surface area (Å²) in [5, 5.41) is 2.80. The zero-order valence-corrected chi connectivity index (χ0v) is 9.24. The molecule has 4 heteroatoms. The number of hydrogen-bond donors (Lipinski definition) is 2. The Kier molecular flexibility index (Phi) is 5.18. The zero-order valence-electron chi connectivity index (χ0n) is 9.24. The van der Waals surface area contributed by atoms with E-state index in [1.807, 2.05) is 6.08 Å². The summed E-state index contributed by atoms with van der Waals surface area (Å²) in [6.45, 7) is 2.18. The summed E-state index contributed by atoms with van der Waals surface area (Å²) in [5.74, 6) is 0. The molecule has 1 aliphatic carbocycles. The molecule has 3 N–H and O–H groups in total. The zero-order chi connectivity index (χ0) is 11.1. The molecule has 0 aromatic heterocycles. The highest BCUT2D eigenvalue weighted by molar-refractivity contribution is 5.67. The normalized spacial score (nSPS) is 28.7. The number of amides is 1. The smallest absolute Gasteiger partial charge is 0.407 e. The van der Waals surface area contributed by atoms with E-state index >= 15 is 0 Å². The van der Waals surface area contributed by atoms with Crippen molar-refractivity contribution in [1.82, 2.24) is 5.32 Å². The lowest BCUT2D eigenvalue weighted by Gasteiger charge is -2.23. The van der Waals surface area contributed by atoms with Crippen LogP contribution in [0.2, 0.25) is 0 Å². The van der Waals surface area contributed by atoms with Crippen LogP contribution in [0.25, 0.3) is 0 Å². The lowest BCUT2D eigenvalue weighted by Crippen LogP contribution is -2.47. The first-order valence-electron chi connectivity index (χ1n) is 5.59. The largest absolute Gasteiger partial charge is 0.450 e. The third-order valence-electron chi connectivity index (χ3n) is 2.54. The minimum Gasteiger partial charge on any atom is -0.450 e. The van der Waals surface area contributed by atoms with Crippen LogP contribution >= 0.6 is 0 Å². The number of nitrogens with two attached hydrogens (primary N) is 1. The fraction of sp³-hybridized carbons (Fsp3) is 0.727. The van der Waals surface area contributed by atoms with Crippen LogP contribution in [0.3, 0.4) is 0 Å². The molecule has 0 spiro atoms. The molecule has 1 rings (SSSR count). The number of rotatable bonds is 2. The van der Waals surface area contributed by atoms with Crippen molar-refractivity contribution in [2.45, 2.75) is 44.7 Å². The van der Waals surface area contributed by atoms with E-state index in [-0.39, 0.29) is 18.2 Å².